The topological polar surface area (TPSA) is 94.2 Å². The molecule has 0 aliphatic rings. The zero-order valence-corrected chi connectivity index (χ0v) is 14.3. The SMILES string of the molecule is CC(c1ccc(-n2cncn2)cc1)N(C)C(=O)c1ccc([N+](=O)[O-])cc1. The first-order valence-electron chi connectivity index (χ1n) is 7.94. The largest absolute Gasteiger partial charge is 0.335 e. The average molecular weight is 351 g/mol. The standard InChI is InChI=1S/C18H17N5O3/c1-13(14-3-7-16(8-4-14)22-12-19-11-20-22)21(2)18(24)15-5-9-17(10-6-15)23(25)26/h3-13H,1-2H3. The Morgan fingerprint density at radius 3 is 2.35 bits per heavy atom. The molecule has 3 rings (SSSR count). The Hall–Kier alpha value is -3.55. The predicted molar refractivity (Wildman–Crippen MR) is 95.0 cm³/mol. The molecule has 0 fully saturated rings. The van der Waals surface area contributed by atoms with Crippen LogP contribution in [0.25, 0.3) is 5.69 Å². The summed E-state index contributed by atoms with van der Waals surface area (Å²) < 4.78 is 1.65. The first-order chi connectivity index (χ1) is 12.5. The van der Waals surface area contributed by atoms with Gasteiger partial charge < -0.3 is 4.90 Å². The number of nitro benzene ring substituents is 1. The summed E-state index contributed by atoms with van der Waals surface area (Å²) >= 11 is 0. The van der Waals surface area contributed by atoms with Gasteiger partial charge in [-0.3, -0.25) is 14.9 Å². The third-order valence-corrected chi connectivity index (χ3v) is 4.29. The second kappa shape index (κ2) is 7.14. The van der Waals surface area contributed by atoms with Crippen LogP contribution in [-0.4, -0.2) is 37.5 Å². The van der Waals surface area contributed by atoms with Crippen LogP contribution in [0.5, 0.6) is 0 Å². The number of benzene rings is 2. The highest BCUT2D eigenvalue weighted by Crippen LogP contribution is 2.22. The highest BCUT2D eigenvalue weighted by Gasteiger charge is 2.19. The monoisotopic (exact) mass is 351 g/mol. The van der Waals surface area contributed by atoms with Gasteiger partial charge in [0.05, 0.1) is 16.7 Å². The number of non-ortho nitro benzene ring substituents is 1. The summed E-state index contributed by atoms with van der Waals surface area (Å²) in [6.07, 6.45) is 3.08. The molecule has 8 nitrogen and oxygen atoms in total. The smallest absolute Gasteiger partial charge is 0.269 e. The van der Waals surface area contributed by atoms with Gasteiger partial charge in [-0.1, -0.05) is 12.1 Å². The minimum Gasteiger partial charge on any atom is -0.335 e. The summed E-state index contributed by atoms with van der Waals surface area (Å²) in [5.41, 5.74) is 2.21. The van der Waals surface area contributed by atoms with Gasteiger partial charge in [0.15, 0.2) is 0 Å². The molecule has 0 aliphatic heterocycles. The maximum Gasteiger partial charge on any atom is 0.269 e. The van der Waals surface area contributed by atoms with Gasteiger partial charge in [0.1, 0.15) is 12.7 Å². The van der Waals surface area contributed by atoms with E-state index in [1.54, 1.807) is 23.0 Å². The molecule has 0 saturated carbocycles. The molecule has 1 atom stereocenters. The fraction of sp³-hybridized carbons (Fsp3) is 0.167. The molecule has 1 heterocycles. The van der Waals surface area contributed by atoms with Crippen LogP contribution in [0.4, 0.5) is 5.69 Å². The third-order valence-electron chi connectivity index (χ3n) is 4.29. The average Bonchev–Trinajstić information content (AvgIpc) is 3.21. The first kappa shape index (κ1) is 17.3. The van der Waals surface area contributed by atoms with Gasteiger partial charge >= 0.3 is 0 Å². The van der Waals surface area contributed by atoms with Crippen LogP contribution >= 0.6 is 0 Å². The summed E-state index contributed by atoms with van der Waals surface area (Å²) in [4.78, 5) is 28.4. The van der Waals surface area contributed by atoms with E-state index in [0.29, 0.717) is 5.56 Å². The van der Waals surface area contributed by atoms with E-state index in [4.69, 9.17) is 0 Å². The van der Waals surface area contributed by atoms with Crippen molar-refractivity contribution >= 4 is 11.6 Å². The van der Waals surface area contributed by atoms with E-state index in [1.165, 1.54) is 30.6 Å². The number of carbonyl (C=O) groups is 1. The van der Waals surface area contributed by atoms with E-state index < -0.39 is 4.92 Å². The van der Waals surface area contributed by atoms with Gasteiger partial charge in [-0.05, 0) is 36.8 Å². The molecule has 3 aromatic rings. The molecule has 0 spiro atoms. The molecule has 8 heteroatoms. The normalized spacial score (nSPS) is 11.8. The third kappa shape index (κ3) is 3.44. The molecule has 26 heavy (non-hydrogen) atoms. The van der Waals surface area contributed by atoms with Crippen molar-refractivity contribution in [3.05, 3.63) is 82.4 Å². The number of hydrogen-bond acceptors (Lipinski definition) is 5. The number of carbonyl (C=O) groups excluding carboxylic acids is 1. The zero-order valence-electron chi connectivity index (χ0n) is 14.3. The minimum absolute atomic E-state index is 0.0408. The second-order valence-corrected chi connectivity index (χ2v) is 5.83. The van der Waals surface area contributed by atoms with Gasteiger partial charge in [-0.25, -0.2) is 9.67 Å². The van der Waals surface area contributed by atoms with Crippen LogP contribution in [0.3, 0.4) is 0 Å². The number of amides is 1. The molecule has 2 aromatic carbocycles. The Labute approximate surface area is 149 Å². The van der Waals surface area contributed by atoms with Crippen LogP contribution in [-0.2, 0) is 0 Å². The fourth-order valence-corrected chi connectivity index (χ4v) is 2.58. The molecule has 0 bridgehead atoms. The maximum atomic E-state index is 12.6. The Morgan fingerprint density at radius 1 is 1.15 bits per heavy atom. The number of nitro groups is 1. The van der Waals surface area contributed by atoms with Crippen molar-refractivity contribution in [1.29, 1.82) is 0 Å². The van der Waals surface area contributed by atoms with Crippen LogP contribution in [0, 0.1) is 10.1 Å². The van der Waals surface area contributed by atoms with Crippen molar-refractivity contribution < 1.29 is 9.72 Å². The molecular weight excluding hydrogens is 334 g/mol. The number of nitrogens with zero attached hydrogens (tertiary/aromatic N) is 5. The summed E-state index contributed by atoms with van der Waals surface area (Å²) in [5, 5.41) is 14.8. The lowest BCUT2D eigenvalue weighted by Crippen LogP contribution is -2.29. The molecule has 0 N–H and O–H groups in total. The van der Waals surface area contributed by atoms with E-state index in [1.807, 2.05) is 31.2 Å². The summed E-state index contributed by atoms with van der Waals surface area (Å²) in [6, 6.07) is 13.1. The quantitative estimate of drug-likeness (QED) is 0.520. The van der Waals surface area contributed by atoms with Crippen LogP contribution in [0.1, 0.15) is 28.9 Å². The maximum absolute atomic E-state index is 12.6. The van der Waals surface area contributed by atoms with Gasteiger partial charge in [-0.15, -0.1) is 0 Å². The number of rotatable bonds is 5. The van der Waals surface area contributed by atoms with Crippen molar-refractivity contribution in [3.63, 3.8) is 0 Å². The number of hydrogen-bond donors (Lipinski definition) is 0. The van der Waals surface area contributed by atoms with Crippen molar-refractivity contribution in [2.45, 2.75) is 13.0 Å². The lowest BCUT2D eigenvalue weighted by Gasteiger charge is -2.25. The number of aromatic nitrogens is 3. The second-order valence-electron chi connectivity index (χ2n) is 5.83. The van der Waals surface area contributed by atoms with Crippen molar-refractivity contribution in [2.75, 3.05) is 7.05 Å². The predicted octanol–water partition coefficient (Wildman–Crippen LogP) is 3.01. The highest BCUT2D eigenvalue weighted by molar-refractivity contribution is 5.94. The molecule has 0 radical (unpaired) electrons. The van der Waals surface area contributed by atoms with E-state index >= 15 is 0 Å². The molecular formula is C18H17N5O3. The Kier molecular flexibility index (Phi) is 4.74. The van der Waals surface area contributed by atoms with Crippen molar-refractivity contribution in [3.8, 4) is 5.69 Å². The van der Waals surface area contributed by atoms with Crippen LogP contribution in [0.15, 0.2) is 61.2 Å². The van der Waals surface area contributed by atoms with Crippen LogP contribution in [0.2, 0.25) is 0 Å². The molecule has 0 saturated heterocycles. The molecule has 1 aromatic heterocycles. The van der Waals surface area contributed by atoms with E-state index in [0.717, 1.165) is 11.3 Å². The fourth-order valence-electron chi connectivity index (χ4n) is 2.58. The van der Waals surface area contributed by atoms with E-state index in [-0.39, 0.29) is 17.6 Å². The molecule has 1 unspecified atom stereocenters. The molecule has 0 aliphatic carbocycles. The van der Waals surface area contributed by atoms with Crippen molar-refractivity contribution in [2.24, 2.45) is 0 Å². The lowest BCUT2D eigenvalue weighted by atomic mass is 10.1. The van der Waals surface area contributed by atoms with E-state index in [2.05, 4.69) is 10.1 Å². The van der Waals surface area contributed by atoms with Crippen molar-refractivity contribution in [1.82, 2.24) is 19.7 Å². The van der Waals surface area contributed by atoms with Crippen LogP contribution < -0.4 is 0 Å². The highest BCUT2D eigenvalue weighted by atomic mass is 16.6. The lowest BCUT2D eigenvalue weighted by molar-refractivity contribution is -0.384. The van der Waals surface area contributed by atoms with Gasteiger partial charge in [0.2, 0.25) is 0 Å². The van der Waals surface area contributed by atoms with Gasteiger partial charge in [-0.2, -0.15) is 5.10 Å². The summed E-state index contributed by atoms with van der Waals surface area (Å²) in [5.74, 6) is -0.201. The summed E-state index contributed by atoms with van der Waals surface area (Å²) in [6.45, 7) is 1.92. The van der Waals surface area contributed by atoms with E-state index in [9.17, 15) is 14.9 Å². The Morgan fingerprint density at radius 2 is 1.81 bits per heavy atom. The molecule has 132 valence electrons. The molecule has 1 amide bonds. The van der Waals surface area contributed by atoms with Gasteiger partial charge in [0.25, 0.3) is 11.6 Å². The minimum atomic E-state index is -0.489. The summed E-state index contributed by atoms with van der Waals surface area (Å²) in [7, 11) is 1.71. The zero-order chi connectivity index (χ0) is 18.7. The van der Waals surface area contributed by atoms with Gasteiger partial charge in [0, 0.05) is 24.7 Å². The Bertz CT molecular complexity index is 905. The Balaban J connectivity index is 1.75. The first-order valence-corrected chi connectivity index (χ1v) is 7.94.